The first-order valence-corrected chi connectivity index (χ1v) is 11.3. The molecule has 0 spiro atoms. The zero-order chi connectivity index (χ0) is 22.1. The lowest BCUT2D eigenvalue weighted by atomic mass is 9.96. The number of hydrogen-bond acceptors (Lipinski definition) is 5. The molecule has 6 nitrogen and oxygen atoms in total. The van der Waals surface area contributed by atoms with Crippen LogP contribution in [-0.4, -0.2) is 33.3 Å². The molecule has 0 saturated carbocycles. The van der Waals surface area contributed by atoms with E-state index in [1.54, 1.807) is 48.5 Å². The summed E-state index contributed by atoms with van der Waals surface area (Å²) >= 11 is 0. The van der Waals surface area contributed by atoms with E-state index in [-0.39, 0.29) is 30.3 Å². The molecule has 1 atom stereocenters. The molecular formula is C24H23NO5S. The van der Waals surface area contributed by atoms with Crippen LogP contribution in [0.2, 0.25) is 0 Å². The first-order valence-electron chi connectivity index (χ1n) is 9.79. The van der Waals surface area contributed by atoms with Crippen LogP contribution in [0.15, 0.2) is 95.9 Å². The molecule has 31 heavy (non-hydrogen) atoms. The van der Waals surface area contributed by atoms with E-state index < -0.39 is 21.9 Å². The van der Waals surface area contributed by atoms with E-state index in [1.807, 2.05) is 30.3 Å². The Morgan fingerprint density at radius 3 is 1.97 bits per heavy atom. The topological polar surface area (TPSA) is 89.5 Å². The predicted octanol–water partition coefficient (Wildman–Crippen LogP) is 3.56. The summed E-state index contributed by atoms with van der Waals surface area (Å²) in [5.74, 6) is -1.31. The average molecular weight is 438 g/mol. The number of hydrogen-bond donors (Lipinski definition) is 1. The van der Waals surface area contributed by atoms with Crippen molar-refractivity contribution >= 4 is 21.8 Å². The number of carbonyl (C=O) groups is 2. The van der Waals surface area contributed by atoms with Crippen molar-refractivity contribution < 1.29 is 22.7 Å². The number of carbonyl (C=O) groups excluding carboxylic acids is 2. The molecule has 0 heterocycles. The summed E-state index contributed by atoms with van der Waals surface area (Å²) in [6.07, 6.45) is -0.0661. The molecule has 3 aromatic carbocycles. The van der Waals surface area contributed by atoms with Crippen LogP contribution in [0.1, 0.15) is 28.3 Å². The maximum absolute atomic E-state index is 12.6. The van der Waals surface area contributed by atoms with Gasteiger partial charge in [-0.05, 0) is 17.7 Å². The summed E-state index contributed by atoms with van der Waals surface area (Å²) < 4.78 is 32.8. The van der Waals surface area contributed by atoms with Gasteiger partial charge in [-0.2, -0.15) is 0 Å². The lowest BCUT2D eigenvalue weighted by Gasteiger charge is -2.18. The zero-order valence-electron chi connectivity index (χ0n) is 16.8. The van der Waals surface area contributed by atoms with Gasteiger partial charge in [-0.3, -0.25) is 9.59 Å². The lowest BCUT2D eigenvalue weighted by molar-refractivity contribution is -0.142. The van der Waals surface area contributed by atoms with Crippen molar-refractivity contribution in [3.8, 4) is 0 Å². The molecule has 1 N–H and O–H groups in total. The number of esters is 1. The summed E-state index contributed by atoms with van der Waals surface area (Å²) in [5, 5.41) is 0. The van der Waals surface area contributed by atoms with Crippen molar-refractivity contribution in [2.45, 2.75) is 17.2 Å². The summed E-state index contributed by atoms with van der Waals surface area (Å²) in [6, 6.07) is 25.7. The Hall–Kier alpha value is -3.29. The highest BCUT2D eigenvalue weighted by Gasteiger charge is 2.21. The molecule has 0 amide bonds. The van der Waals surface area contributed by atoms with Crippen LogP contribution in [0.3, 0.4) is 0 Å². The minimum atomic E-state index is -3.72. The maximum atomic E-state index is 12.6. The Bertz CT molecular complexity index is 1100. The van der Waals surface area contributed by atoms with Gasteiger partial charge in [0.05, 0.1) is 11.3 Å². The second-order valence-corrected chi connectivity index (χ2v) is 8.69. The molecule has 0 aliphatic rings. The number of ketones is 1. The molecule has 0 aliphatic heterocycles. The number of Topliss-reactive ketones (excluding diaryl/α,β-unsaturated/α-hetero) is 1. The molecule has 160 valence electrons. The van der Waals surface area contributed by atoms with E-state index in [4.69, 9.17) is 4.74 Å². The van der Waals surface area contributed by atoms with Crippen LogP contribution >= 0.6 is 0 Å². The molecule has 0 radical (unpaired) electrons. The molecule has 0 fully saturated rings. The largest absolute Gasteiger partial charge is 0.457 e. The van der Waals surface area contributed by atoms with Crippen LogP contribution < -0.4 is 4.72 Å². The van der Waals surface area contributed by atoms with E-state index >= 15 is 0 Å². The van der Waals surface area contributed by atoms with E-state index in [1.165, 1.54) is 12.1 Å². The van der Waals surface area contributed by atoms with Crippen molar-refractivity contribution in [2.75, 3.05) is 13.2 Å². The summed E-state index contributed by atoms with van der Waals surface area (Å²) in [7, 11) is -3.72. The van der Waals surface area contributed by atoms with E-state index in [9.17, 15) is 18.0 Å². The van der Waals surface area contributed by atoms with Crippen molar-refractivity contribution in [1.29, 1.82) is 0 Å². The van der Waals surface area contributed by atoms with Gasteiger partial charge in [0.1, 0.15) is 0 Å². The average Bonchev–Trinajstić information content (AvgIpc) is 2.82. The smallest absolute Gasteiger partial charge is 0.306 e. The quantitative estimate of drug-likeness (QED) is 0.387. The summed E-state index contributed by atoms with van der Waals surface area (Å²) in [4.78, 5) is 24.7. The SMILES string of the molecule is O=C(C[C@H](CNS(=O)(=O)c1ccccc1)c1ccccc1)OCC(=O)c1ccccc1. The van der Waals surface area contributed by atoms with Gasteiger partial charge in [0.2, 0.25) is 10.0 Å². The van der Waals surface area contributed by atoms with E-state index in [0.29, 0.717) is 5.56 Å². The highest BCUT2D eigenvalue weighted by atomic mass is 32.2. The predicted molar refractivity (Wildman–Crippen MR) is 117 cm³/mol. The van der Waals surface area contributed by atoms with Gasteiger partial charge in [-0.25, -0.2) is 13.1 Å². The maximum Gasteiger partial charge on any atom is 0.306 e. The molecule has 0 aliphatic carbocycles. The summed E-state index contributed by atoms with van der Waals surface area (Å²) in [6.45, 7) is -0.344. The second kappa shape index (κ2) is 10.7. The molecule has 0 saturated heterocycles. The van der Waals surface area contributed by atoms with Gasteiger partial charge in [0.25, 0.3) is 0 Å². The first-order chi connectivity index (χ1) is 15.0. The Labute approximate surface area is 181 Å². The minimum Gasteiger partial charge on any atom is -0.457 e. The van der Waals surface area contributed by atoms with Gasteiger partial charge < -0.3 is 4.74 Å². The van der Waals surface area contributed by atoms with Crippen LogP contribution in [0.5, 0.6) is 0 Å². The van der Waals surface area contributed by atoms with Crippen molar-refractivity contribution in [1.82, 2.24) is 4.72 Å². The zero-order valence-corrected chi connectivity index (χ0v) is 17.6. The molecule has 0 unspecified atom stereocenters. The third-order valence-electron chi connectivity index (χ3n) is 4.72. The van der Waals surface area contributed by atoms with Gasteiger partial charge in [-0.15, -0.1) is 0 Å². The second-order valence-electron chi connectivity index (χ2n) is 6.93. The molecule has 0 bridgehead atoms. The van der Waals surface area contributed by atoms with Gasteiger partial charge >= 0.3 is 5.97 Å². The Morgan fingerprint density at radius 2 is 1.35 bits per heavy atom. The fourth-order valence-electron chi connectivity index (χ4n) is 3.04. The number of sulfonamides is 1. The van der Waals surface area contributed by atoms with Gasteiger partial charge in [-0.1, -0.05) is 78.9 Å². The van der Waals surface area contributed by atoms with Gasteiger partial charge in [0.15, 0.2) is 12.4 Å². The molecular weight excluding hydrogens is 414 g/mol. The third-order valence-corrected chi connectivity index (χ3v) is 6.16. The lowest BCUT2D eigenvalue weighted by Crippen LogP contribution is -2.30. The van der Waals surface area contributed by atoms with Crippen LogP contribution in [0, 0.1) is 0 Å². The van der Waals surface area contributed by atoms with Gasteiger partial charge in [0, 0.05) is 18.0 Å². The molecule has 3 rings (SSSR count). The third kappa shape index (κ3) is 6.60. The van der Waals surface area contributed by atoms with Crippen molar-refractivity contribution in [3.63, 3.8) is 0 Å². The highest BCUT2D eigenvalue weighted by Crippen LogP contribution is 2.20. The standard InChI is InChI=1S/C24H23NO5S/c26-23(20-12-6-2-7-13-20)18-30-24(27)16-21(19-10-4-1-5-11-19)17-25-31(28,29)22-14-8-3-9-15-22/h1-15,21,25H,16-18H2/t21-/m1/s1. The normalized spacial score (nSPS) is 12.1. The van der Waals surface area contributed by atoms with Crippen LogP contribution in [0.25, 0.3) is 0 Å². The van der Waals surface area contributed by atoms with E-state index in [2.05, 4.69) is 4.72 Å². The van der Waals surface area contributed by atoms with Crippen molar-refractivity contribution in [2.24, 2.45) is 0 Å². The fourth-order valence-corrected chi connectivity index (χ4v) is 4.14. The summed E-state index contributed by atoms with van der Waals surface area (Å²) in [5.41, 5.74) is 1.26. The minimum absolute atomic E-state index is 0.0168. The number of ether oxygens (including phenoxy) is 1. The number of rotatable bonds is 10. The van der Waals surface area contributed by atoms with Crippen LogP contribution in [-0.2, 0) is 19.6 Å². The monoisotopic (exact) mass is 437 g/mol. The molecule has 3 aromatic rings. The Morgan fingerprint density at radius 1 is 0.806 bits per heavy atom. The fraction of sp³-hybridized carbons (Fsp3) is 0.167. The molecule has 0 aromatic heterocycles. The first kappa shape index (κ1) is 22.4. The Kier molecular flexibility index (Phi) is 7.70. The Balaban J connectivity index is 1.64. The number of nitrogens with one attached hydrogen (secondary N) is 1. The van der Waals surface area contributed by atoms with Crippen LogP contribution in [0.4, 0.5) is 0 Å². The highest BCUT2D eigenvalue weighted by molar-refractivity contribution is 7.89. The van der Waals surface area contributed by atoms with E-state index in [0.717, 1.165) is 5.56 Å². The van der Waals surface area contributed by atoms with Crippen molar-refractivity contribution in [3.05, 3.63) is 102 Å². The molecule has 7 heteroatoms. The number of benzene rings is 3.